The number of allylic oxidation sites excluding steroid dienone is 1. The molecule has 0 bridgehead atoms. The predicted octanol–water partition coefficient (Wildman–Crippen LogP) is 1.92. The first-order valence-corrected chi connectivity index (χ1v) is 5.35. The van der Waals surface area contributed by atoms with Crippen molar-refractivity contribution >= 4 is 11.6 Å². The van der Waals surface area contributed by atoms with Gasteiger partial charge in [-0.3, -0.25) is 0 Å². The smallest absolute Gasteiger partial charge is 0.0613 e. The topological polar surface area (TPSA) is 32.3 Å². The average molecular weight is 206 g/mol. The van der Waals surface area contributed by atoms with Crippen LogP contribution in [0.5, 0.6) is 0 Å². The molecule has 3 heteroatoms. The summed E-state index contributed by atoms with van der Waals surface area (Å²) in [5.41, 5.74) is -0.114. The zero-order valence-electron chi connectivity index (χ0n) is 8.52. The highest BCUT2D eigenvalue weighted by molar-refractivity contribution is 6.18. The Kier molecular flexibility index (Phi) is 7.33. The molecule has 0 amide bonds. The summed E-state index contributed by atoms with van der Waals surface area (Å²) in [4.78, 5) is 0. The van der Waals surface area contributed by atoms with Gasteiger partial charge in [-0.15, -0.1) is 11.6 Å². The molecule has 2 nitrogen and oxygen atoms in total. The zero-order valence-corrected chi connectivity index (χ0v) is 9.27. The Labute approximate surface area is 86.0 Å². The van der Waals surface area contributed by atoms with Gasteiger partial charge in [0.1, 0.15) is 0 Å². The Morgan fingerprint density at radius 1 is 1.31 bits per heavy atom. The number of aliphatic hydroxyl groups excluding tert-OH is 1. The molecule has 78 valence electrons. The second-order valence-corrected chi connectivity index (χ2v) is 3.46. The van der Waals surface area contributed by atoms with Crippen LogP contribution >= 0.6 is 11.6 Å². The Hall–Kier alpha value is -0.0500. The number of hydrogen-bond donors (Lipinski definition) is 2. The lowest BCUT2D eigenvalue weighted by atomic mass is 9.94. The van der Waals surface area contributed by atoms with Gasteiger partial charge in [0, 0.05) is 18.0 Å². The number of alkyl halides is 1. The monoisotopic (exact) mass is 205 g/mol. The first kappa shape index (κ1) is 12.9. The van der Waals surface area contributed by atoms with Crippen LogP contribution in [0.3, 0.4) is 0 Å². The van der Waals surface area contributed by atoms with Crippen molar-refractivity contribution < 1.29 is 5.11 Å². The van der Waals surface area contributed by atoms with Crippen LogP contribution in [0.2, 0.25) is 0 Å². The first-order valence-electron chi connectivity index (χ1n) is 4.81. The van der Waals surface area contributed by atoms with E-state index in [4.69, 9.17) is 11.6 Å². The number of halogens is 1. The second-order valence-electron chi connectivity index (χ2n) is 3.15. The van der Waals surface area contributed by atoms with Gasteiger partial charge in [-0.2, -0.15) is 0 Å². The molecule has 0 aliphatic carbocycles. The summed E-state index contributed by atoms with van der Waals surface area (Å²) in [6.07, 6.45) is 5.77. The summed E-state index contributed by atoms with van der Waals surface area (Å²) in [5.74, 6) is 0.548. The van der Waals surface area contributed by atoms with Gasteiger partial charge in [0.2, 0.25) is 0 Å². The van der Waals surface area contributed by atoms with Gasteiger partial charge in [-0.1, -0.05) is 26.0 Å². The third-order valence-corrected chi connectivity index (χ3v) is 2.69. The molecular weight excluding hydrogens is 186 g/mol. The van der Waals surface area contributed by atoms with E-state index in [1.165, 1.54) is 0 Å². The molecule has 0 saturated heterocycles. The van der Waals surface area contributed by atoms with Gasteiger partial charge in [-0.05, 0) is 12.8 Å². The summed E-state index contributed by atoms with van der Waals surface area (Å²) >= 11 is 5.49. The van der Waals surface area contributed by atoms with Gasteiger partial charge >= 0.3 is 0 Å². The maximum atomic E-state index is 9.22. The van der Waals surface area contributed by atoms with Gasteiger partial charge in [0.05, 0.1) is 6.61 Å². The third-order valence-electron chi connectivity index (χ3n) is 2.51. The maximum absolute atomic E-state index is 9.22. The molecule has 0 aliphatic heterocycles. The van der Waals surface area contributed by atoms with Crippen LogP contribution < -0.4 is 5.32 Å². The lowest BCUT2D eigenvalue weighted by molar-refractivity contribution is 0.155. The highest BCUT2D eigenvalue weighted by Gasteiger charge is 2.22. The molecule has 0 aromatic carbocycles. The van der Waals surface area contributed by atoms with E-state index in [9.17, 15) is 5.11 Å². The Morgan fingerprint density at radius 3 is 2.31 bits per heavy atom. The minimum absolute atomic E-state index is 0.114. The van der Waals surface area contributed by atoms with Crippen LogP contribution in [0, 0.1) is 0 Å². The van der Waals surface area contributed by atoms with Crippen molar-refractivity contribution in [3.05, 3.63) is 12.2 Å². The number of nitrogens with one attached hydrogen (secondary N) is 1. The summed E-state index contributed by atoms with van der Waals surface area (Å²) in [5, 5.41) is 12.5. The summed E-state index contributed by atoms with van der Waals surface area (Å²) in [6.45, 7) is 5.12. The molecule has 0 rings (SSSR count). The molecule has 2 N–H and O–H groups in total. The lowest BCUT2D eigenvalue weighted by Gasteiger charge is -2.30. The van der Waals surface area contributed by atoms with Crippen molar-refractivity contribution in [3.63, 3.8) is 0 Å². The predicted molar refractivity (Wildman–Crippen MR) is 58.3 cm³/mol. The molecule has 0 aliphatic rings. The van der Waals surface area contributed by atoms with E-state index in [2.05, 4.69) is 19.2 Å². The first-order chi connectivity index (χ1) is 6.24. The van der Waals surface area contributed by atoms with Crippen molar-refractivity contribution in [3.8, 4) is 0 Å². The normalized spacial score (nSPS) is 12.6. The van der Waals surface area contributed by atoms with E-state index >= 15 is 0 Å². The molecule has 0 aromatic heterocycles. The van der Waals surface area contributed by atoms with Gasteiger partial charge in [0.15, 0.2) is 0 Å². The van der Waals surface area contributed by atoms with Crippen LogP contribution in [0.4, 0.5) is 0 Å². The van der Waals surface area contributed by atoms with E-state index in [1.807, 2.05) is 12.2 Å². The molecule has 0 radical (unpaired) electrons. The van der Waals surface area contributed by atoms with E-state index in [-0.39, 0.29) is 12.1 Å². The van der Waals surface area contributed by atoms with Crippen molar-refractivity contribution in [2.45, 2.75) is 32.2 Å². The van der Waals surface area contributed by atoms with E-state index in [0.29, 0.717) is 5.88 Å². The van der Waals surface area contributed by atoms with Gasteiger partial charge in [0.25, 0.3) is 0 Å². The van der Waals surface area contributed by atoms with Crippen LogP contribution in [0.15, 0.2) is 12.2 Å². The molecule has 0 spiro atoms. The Balaban J connectivity index is 3.88. The SMILES string of the molecule is CCC(CC)(CO)NC/C=C/CCl. The minimum Gasteiger partial charge on any atom is -0.394 e. The summed E-state index contributed by atoms with van der Waals surface area (Å²) < 4.78 is 0. The van der Waals surface area contributed by atoms with Crippen molar-refractivity contribution in [2.24, 2.45) is 0 Å². The number of rotatable bonds is 7. The quantitative estimate of drug-likeness (QED) is 0.492. The average Bonchev–Trinajstić information content (AvgIpc) is 2.20. The zero-order chi connectivity index (χ0) is 10.2. The number of aliphatic hydroxyl groups is 1. The fourth-order valence-electron chi connectivity index (χ4n) is 1.20. The summed E-state index contributed by atoms with van der Waals surface area (Å²) in [6, 6.07) is 0. The fourth-order valence-corrected chi connectivity index (χ4v) is 1.33. The molecule has 0 heterocycles. The highest BCUT2D eigenvalue weighted by Crippen LogP contribution is 2.13. The molecule has 13 heavy (non-hydrogen) atoms. The van der Waals surface area contributed by atoms with Crippen LogP contribution in [0.25, 0.3) is 0 Å². The molecule has 0 fully saturated rings. The van der Waals surface area contributed by atoms with E-state index in [1.54, 1.807) is 0 Å². The molecule has 0 saturated carbocycles. The maximum Gasteiger partial charge on any atom is 0.0613 e. The largest absolute Gasteiger partial charge is 0.394 e. The molecule has 0 unspecified atom stereocenters. The van der Waals surface area contributed by atoms with Crippen molar-refractivity contribution in [1.82, 2.24) is 5.32 Å². The van der Waals surface area contributed by atoms with Crippen LogP contribution in [-0.2, 0) is 0 Å². The third kappa shape index (κ3) is 4.65. The van der Waals surface area contributed by atoms with Gasteiger partial charge in [-0.25, -0.2) is 0 Å². The molecular formula is C10H20ClNO. The fraction of sp³-hybridized carbons (Fsp3) is 0.800. The van der Waals surface area contributed by atoms with Crippen LogP contribution in [-0.4, -0.2) is 29.7 Å². The Morgan fingerprint density at radius 2 is 1.92 bits per heavy atom. The Bertz CT molecular complexity index is 136. The molecule has 0 atom stereocenters. The van der Waals surface area contributed by atoms with E-state index in [0.717, 1.165) is 19.4 Å². The van der Waals surface area contributed by atoms with Gasteiger partial charge < -0.3 is 10.4 Å². The highest BCUT2D eigenvalue weighted by atomic mass is 35.5. The minimum atomic E-state index is -0.114. The van der Waals surface area contributed by atoms with E-state index < -0.39 is 0 Å². The standard InChI is InChI=1S/C10H20ClNO/c1-3-10(4-2,9-13)12-8-6-5-7-11/h5-6,12-13H,3-4,7-9H2,1-2H3/b6-5+. The lowest BCUT2D eigenvalue weighted by Crippen LogP contribution is -2.47. The van der Waals surface area contributed by atoms with Crippen molar-refractivity contribution in [2.75, 3.05) is 19.0 Å². The van der Waals surface area contributed by atoms with Crippen molar-refractivity contribution in [1.29, 1.82) is 0 Å². The number of hydrogen-bond acceptors (Lipinski definition) is 2. The summed E-state index contributed by atoms with van der Waals surface area (Å²) in [7, 11) is 0. The second kappa shape index (κ2) is 7.36. The van der Waals surface area contributed by atoms with Crippen LogP contribution in [0.1, 0.15) is 26.7 Å². The molecule has 0 aromatic rings.